The van der Waals surface area contributed by atoms with E-state index in [4.69, 9.17) is 5.73 Å². The van der Waals surface area contributed by atoms with Gasteiger partial charge in [-0.2, -0.15) is 13.1 Å². The summed E-state index contributed by atoms with van der Waals surface area (Å²) in [7, 11) is -3.55. The molecule has 0 aromatic heterocycles. The van der Waals surface area contributed by atoms with Crippen LogP contribution in [0.5, 0.6) is 0 Å². The summed E-state index contributed by atoms with van der Waals surface area (Å²) in [6.07, 6.45) is 0.719. The van der Waals surface area contributed by atoms with Crippen molar-refractivity contribution in [3.8, 4) is 0 Å². The first-order valence-electron chi connectivity index (χ1n) is 6.50. The maximum absolute atomic E-state index is 12.3. The molecule has 0 aliphatic rings. The summed E-state index contributed by atoms with van der Waals surface area (Å²) < 4.78 is 28.6. The molecule has 0 unspecified atom stereocenters. The average Bonchev–Trinajstić information content (AvgIpc) is 2.35. The van der Waals surface area contributed by atoms with Gasteiger partial charge in [0.05, 0.1) is 11.4 Å². The van der Waals surface area contributed by atoms with E-state index in [1.165, 1.54) is 4.31 Å². The topological polar surface area (TPSA) is 75.4 Å². The lowest BCUT2D eigenvalue weighted by atomic mass is 10.2. The van der Waals surface area contributed by atoms with E-state index < -0.39 is 10.2 Å². The highest BCUT2D eigenvalue weighted by Gasteiger charge is 2.22. The fourth-order valence-corrected chi connectivity index (χ4v) is 3.19. The molecule has 0 aliphatic carbocycles. The molecule has 3 N–H and O–H groups in total. The second-order valence-electron chi connectivity index (χ2n) is 4.88. The van der Waals surface area contributed by atoms with Gasteiger partial charge >= 0.3 is 10.2 Å². The summed E-state index contributed by atoms with van der Waals surface area (Å²) in [5.74, 6) is 0.256. The van der Waals surface area contributed by atoms with Crippen LogP contribution in [0.15, 0.2) is 24.3 Å². The van der Waals surface area contributed by atoms with Crippen LogP contribution in [0.2, 0.25) is 0 Å². The van der Waals surface area contributed by atoms with E-state index in [0.29, 0.717) is 24.5 Å². The van der Waals surface area contributed by atoms with Crippen molar-refractivity contribution in [1.29, 1.82) is 0 Å². The van der Waals surface area contributed by atoms with Gasteiger partial charge in [0, 0.05) is 13.1 Å². The van der Waals surface area contributed by atoms with Crippen LogP contribution in [-0.2, 0) is 10.2 Å². The van der Waals surface area contributed by atoms with E-state index in [-0.39, 0.29) is 5.92 Å². The third kappa shape index (κ3) is 4.40. The molecule has 108 valence electrons. The minimum atomic E-state index is -3.55. The van der Waals surface area contributed by atoms with Gasteiger partial charge in [-0.05, 0) is 24.5 Å². The van der Waals surface area contributed by atoms with E-state index in [1.54, 1.807) is 24.3 Å². The van der Waals surface area contributed by atoms with Crippen molar-refractivity contribution in [2.75, 3.05) is 23.1 Å². The van der Waals surface area contributed by atoms with E-state index in [0.717, 1.165) is 6.42 Å². The van der Waals surface area contributed by atoms with Gasteiger partial charge in [0.1, 0.15) is 0 Å². The molecule has 5 nitrogen and oxygen atoms in total. The van der Waals surface area contributed by atoms with Crippen molar-refractivity contribution in [2.45, 2.75) is 27.2 Å². The van der Waals surface area contributed by atoms with Crippen LogP contribution in [-0.4, -0.2) is 21.5 Å². The number of nitrogens with two attached hydrogens (primary N) is 1. The number of rotatable bonds is 7. The van der Waals surface area contributed by atoms with Gasteiger partial charge in [0.2, 0.25) is 0 Å². The summed E-state index contributed by atoms with van der Waals surface area (Å²) in [6, 6.07) is 7.00. The van der Waals surface area contributed by atoms with E-state index in [1.807, 2.05) is 20.8 Å². The molecule has 0 saturated carbocycles. The lowest BCUT2D eigenvalue weighted by Crippen LogP contribution is -2.43. The van der Waals surface area contributed by atoms with Crippen molar-refractivity contribution < 1.29 is 8.42 Å². The normalized spacial score (nSPS) is 11.8. The van der Waals surface area contributed by atoms with Crippen molar-refractivity contribution in [2.24, 2.45) is 5.92 Å². The Labute approximate surface area is 116 Å². The third-order valence-electron chi connectivity index (χ3n) is 2.60. The summed E-state index contributed by atoms with van der Waals surface area (Å²) >= 11 is 0. The van der Waals surface area contributed by atoms with Gasteiger partial charge in [0.15, 0.2) is 0 Å². The molecule has 0 atom stereocenters. The minimum absolute atomic E-state index is 0.256. The number of anilines is 2. The van der Waals surface area contributed by atoms with Crippen LogP contribution >= 0.6 is 0 Å². The van der Waals surface area contributed by atoms with Gasteiger partial charge in [-0.25, -0.2) is 0 Å². The Kier molecular flexibility index (Phi) is 5.62. The first kappa shape index (κ1) is 15.8. The molecule has 0 saturated heterocycles. The van der Waals surface area contributed by atoms with Crippen LogP contribution in [0.1, 0.15) is 27.2 Å². The van der Waals surface area contributed by atoms with Crippen molar-refractivity contribution in [3.63, 3.8) is 0 Å². The second kappa shape index (κ2) is 6.77. The maximum Gasteiger partial charge on any atom is 0.301 e. The summed E-state index contributed by atoms with van der Waals surface area (Å²) in [6.45, 7) is 6.67. The molecule has 0 aliphatic heterocycles. The number of nitrogens with one attached hydrogen (secondary N) is 1. The summed E-state index contributed by atoms with van der Waals surface area (Å²) in [5.41, 5.74) is 6.86. The molecule has 0 spiro atoms. The number of nitrogens with zero attached hydrogens (tertiary/aromatic N) is 1. The maximum atomic E-state index is 12.3. The molecular formula is C13H23N3O2S. The second-order valence-corrected chi connectivity index (χ2v) is 6.56. The molecule has 19 heavy (non-hydrogen) atoms. The smallest absolute Gasteiger partial charge is 0.301 e. The Morgan fingerprint density at radius 1 is 1.32 bits per heavy atom. The highest BCUT2D eigenvalue weighted by Crippen LogP contribution is 2.24. The number of benzene rings is 1. The Hall–Kier alpha value is -1.27. The molecule has 1 aromatic rings. The van der Waals surface area contributed by atoms with Crippen LogP contribution in [0.4, 0.5) is 11.4 Å². The zero-order valence-electron chi connectivity index (χ0n) is 11.8. The number of nitrogen functional groups attached to an aromatic ring is 1. The van der Waals surface area contributed by atoms with Gasteiger partial charge in [-0.15, -0.1) is 0 Å². The molecule has 0 fully saturated rings. The van der Waals surface area contributed by atoms with Gasteiger partial charge in [-0.3, -0.25) is 4.31 Å². The lowest BCUT2D eigenvalue weighted by molar-refractivity contribution is 0.555. The van der Waals surface area contributed by atoms with Crippen LogP contribution in [0, 0.1) is 5.92 Å². The zero-order valence-corrected chi connectivity index (χ0v) is 12.6. The molecule has 1 rings (SSSR count). The molecule has 6 heteroatoms. The fourth-order valence-electron chi connectivity index (χ4n) is 1.64. The summed E-state index contributed by atoms with van der Waals surface area (Å²) in [5, 5.41) is 0. The molecule has 0 heterocycles. The van der Waals surface area contributed by atoms with Gasteiger partial charge in [-0.1, -0.05) is 32.9 Å². The molecule has 0 radical (unpaired) electrons. The standard InChI is InChI=1S/C13H23N3O2S/c1-4-9-16(13-8-6-5-7-12(13)14)19(17,18)15-10-11(2)3/h5-8,11,15H,4,9-10,14H2,1-3H3. The molecular weight excluding hydrogens is 262 g/mol. The predicted molar refractivity (Wildman–Crippen MR) is 80.3 cm³/mol. The quantitative estimate of drug-likeness (QED) is 0.752. The molecule has 0 bridgehead atoms. The Morgan fingerprint density at radius 3 is 2.47 bits per heavy atom. The minimum Gasteiger partial charge on any atom is -0.397 e. The number of para-hydroxylation sites is 2. The zero-order chi connectivity index (χ0) is 14.5. The lowest BCUT2D eigenvalue weighted by Gasteiger charge is -2.25. The van der Waals surface area contributed by atoms with Gasteiger partial charge in [0.25, 0.3) is 0 Å². The van der Waals surface area contributed by atoms with Crippen LogP contribution in [0.25, 0.3) is 0 Å². The van der Waals surface area contributed by atoms with E-state index >= 15 is 0 Å². The Balaban J connectivity index is 3.04. The van der Waals surface area contributed by atoms with Crippen molar-refractivity contribution in [3.05, 3.63) is 24.3 Å². The predicted octanol–water partition coefficient (Wildman–Crippen LogP) is 1.98. The van der Waals surface area contributed by atoms with E-state index in [2.05, 4.69) is 4.72 Å². The monoisotopic (exact) mass is 285 g/mol. The van der Waals surface area contributed by atoms with Crippen LogP contribution < -0.4 is 14.8 Å². The highest BCUT2D eigenvalue weighted by molar-refractivity contribution is 7.90. The number of hydrogen-bond acceptors (Lipinski definition) is 3. The van der Waals surface area contributed by atoms with Crippen molar-refractivity contribution >= 4 is 21.6 Å². The molecule has 1 aromatic carbocycles. The SMILES string of the molecule is CCCN(c1ccccc1N)S(=O)(=O)NCC(C)C. The molecule has 0 amide bonds. The average molecular weight is 285 g/mol. The summed E-state index contributed by atoms with van der Waals surface area (Å²) in [4.78, 5) is 0. The van der Waals surface area contributed by atoms with Gasteiger partial charge < -0.3 is 5.73 Å². The van der Waals surface area contributed by atoms with Crippen LogP contribution in [0.3, 0.4) is 0 Å². The van der Waals surface area contributed by atoms with E-state index in [9.17, 15) is 8.42 Å². The third-order valence-corrected chi connectivity index (χ3v) is 4.09. The Bertz CT molecular complexity index is 500. The number of hydrogen-bond donors (Lipinski definition) is 2. The largest absolute Gasteiger partial charge is 0.397 e. The highest BCUT2D eigenvalue weighted by atomic mass is 32.2. The first-order chi connectivity index (χ1) is 8.88. The fraction of sp³-hybridized carbons (Fsp3) is 0.538. The first-order valence-corrected chi connectivity index (χ1v) is 7.94. The van der Waals surface area contributed by atoms with Crippen molar-refractivity contribution in [1.82, 2.24) is 4.72 Å². The Morgan fingerprint density at radius 2 is 1.95 bits per heavy atom.